The molecule has 33 heavy (non-hydrogen) atoms. The number of aryl methyl sites for hydroxylation is 2. The molecule has 0 saturated carbocycles. The van der Waals surface area contributed by atoms with Gasteiger partial charge in [-0.05, 0) is 43.0 Å². The van der Waals surface area contributed by atoms with Crippen molar-refractivity contribution in [1.29, 1.82) is 0 Å². The molecule has 2 aromatic carbocycles. The van der Waals surface area contributed by atoms with E-state index >= 15 is 0 Å². The lowest BCUT2D eigenvalue weighted by atomic mass is 10.0. The molecule has 1 aliphatic rings. The monoisotopic (exact) mass is 446 g/mol. The van der Waals surface area contributed by atoms with Crippen LogP contribution in [0.1, 0.15) is 42.9 Å². The smallest absolute Gasteiger partial charge is 0.255 e. The number of nitrogens with zero attached hydrogens (tertiary/aromatic N) is 2. The van der Waals surface area contributed by atoms with E-state index in [9.17, 15) is 9.59 Å². The second kappa shape index (κ2) is 9.90. The van der Waals surface area contributed by atoms with Crippen LogP contribution < -0.4 is 15.4 Å². The number of fused-ring (bicyclic) bond motifs is 1. The molecule has 1 unspecified atom stereocenters. The van der Waals surface area contributed by atoms with Crippen LogP contribution >= 0.6 is 0 Å². The lowest BCUT2D eigenvalue weighted by Crippen LogP contribution is -2.47. The number of imidazole rings is 1. The molecule has 7 heteroatoms. The number of rotatable bonds is 7. The van der Waals surface area contributed by atoms with Gasteiger partial charge in [0.2, 0.25) is 5.91 Å². The maximum Gasteiger partial charge on any atom is 0.255 e. The van der Waals surface area contributed by atoms with Crippen molar-refractivity contribution >= 4 is 17.5 Å². The van der Waals surface area contributed by atoms with Gasteiger partial charge in [-0.15, -0.1) is 0 Å². The topological polar surface area (TPSA) is 85.2 Å². The number of hydrogen-bond acceptors (Lipinski definition) is 4. The van der Waals surface area contributed by atoms with Crippen molar-refractivity contribution in [2.45, 2.75) is 45.7 Å². The highest BCUT2D eigenvalue weighted by molar-refractivity contribution is 6.02. The molecule has 3 aromatic rings. The van der Waals surface area contributed by atoms with Crippen molar-refractivity contribution in [3.63, 3.8) is 0 Å². The second-order valence-electron chi connectivity index (χ2n) is 8.66. The van der Waals surface area contributed by atoms with Crippen LogP contribution in [-0.2, 0) is 17.8 Å². The minimum Gasteiger partial charge on any atom is -0.496 e. The minimum absolute atomic E-state index is 0.105. The number of carbonyl (C=O) groups is 2. The zero-order valence-electron chi connectivity index (χ0n) is 19.3. The third kappa shape index (κ3) is 5.08. The Bertz CT molecular complexity index is 1130. The van der Waals surface area contributed by atoms with E-state index in [2.05, 4.69) is 21.4 Å². The quantitative estimate of drug-likeness (QED) is 0.567. The number of methoxy groups -OCH3 is 1. The molecule has 0 saturated heterocycles. The first-order chi connectivity index (χ1) is 16.0. The van der Waals surface area contributed by atoms with Gasteiger partial charge in [0.1, 0.15) is 17.6 Å². The first kappa shape index (κ1) is 22.6. The Morgan fingerprint density at radius 2 is 1.91 bits per heavy atom. The number of nitrogens with one attached hydrogen (secondary N) is 2. The Balaban J connectivity index is 1.49. The van der Waals surface area contributed by atoms with Gasteiger partial charge in [-0.1, -0.05) is 38.1 Å². The minimum atomic E-state index is -0.703. The van der Waals surface area contributed by atoms with E-state index in [1.165, 1.54) is 20.0 Å². The summed E-state index contributed by atoms with van der Waals surface area (Å²) in [6.07, 6.45) is 5.43. The van der Waals surface area contributed by atoms with Crippen LogP contribution in [-0.4, -0.2) is 34.5 Å². The number of amides is 2. The molecule has 0 fully saturated rings. The summed E-state index contributed by atoms with van der Waals surface area (Å²) in [6, 6.07) is 13.9. The van der Waals surface area contributed by atoms with E-state index in [1.807, 2.05) is 38.1 Å². The fraction of sp³-hybridized carbons (Fsp3) is 0.346. The molecular weight excluding hydrogens is 416 g/mol. The van der Waals surface area contributed by atoms with E-state index in [-0.39, 0.29) is 17.7 Å². The van der Waals surface area contributed by atoms with E-state index in [0.717, 1.165) is 30.0 Å². The average molecular weight is 447 g/mol. The van der Waals surface area contributed by atoms with Gasteiger partial charge in [0.05, 0.1) is 18.4 Å². The van der Waals surface area contributed by atoms with E-state index in [0.29, 0.717) is 17.0 Å². The molecule has 4 rings (SSSR count). The van der Waals surface area contributed by atoms with Gasteiger partial charge in [0.15, 0.2) is 0 Å². The number of anilines is 1. The summed E-state index contributed by atoms with van der Waals surface area (Å²) >= 11 is 0. The van der Waals surface area contributed by atoms with Crippen molar-refractivity contribution in [2.24, 2.45) is 5.92 Å². The molecular formula is C26H30N4O3. The molecule has 172 valence electrons. The highest BCUT2D eigenvalue weighted by Crippen LogP contribution is 2.25. The van der Waals surface area contributed by atoms with Gasteiger partial charge in [-0.25, -0.2) is 4.98 Å². The van der Waals surface area contributed by atoms with Gasteiger partial charge < -0.3 is 19.9 Å². The van der Waals surface area contributed by atoms with E-state index in [1.54, 1.807) is 24.3 Å². The molecule has 2 amide bonds. The summed E-state index contributed by atoms with van der Waals surface area (Å²) < 4.78 is 7.50. The number of para-hydroxylation sites is 1. The van der Waals surface area contributed by atoms with Crippen LogP contribution in [0.25, 0.3) is 11.3 Å². The second-order valence-corrected chi connectivity index (χ2v) is 8.66. The van der Waals surface area contributed by atoms with E-state index in [4.69, 9.17) is 9.72 Å². The van der Waals surface area contributed by atoms with E-state index < -0.39 is 6.04 Å². The average Bonchev–Trinajstić information content (AvgIpc) is 3.26. The predicted molar refractivity (Wildman–Crippen MR) is 128 cm³/mol. The first-order valence-electron chi connectivity index (χ1n) is 11.4. The number of carbonyl (C=O) groups excluding carboxylic acids is 2. The lowest BCUT2D eigenvalue weighted by Gasteiger charge is -2.22. The molecule has 1 aliphatic heterocycles. The van der Waals surface area contributed by atoms with Crippen LogP contribution in [0.5, 0.6) is 5.75 Å². The maximum absolute atomic E-state index is 13.1. The van der Waals surface area contributed by atoms with Gasteiger partial charge in [0.25, 0.3) is 5.91 Å². The zero-order valence-corrected chi connectivity index (χ0v) is 19.3. The van der Waals surface area contributed by atoms with Crippen LogP contribution in [0, 0.1) is 5.92 Å². The fourth-order valence-electron chi connectivity index (χ4n) is 4.11. The zero-order chi connectivity index (χ0) is 23.4. The van der Waals surface area contributed by atoms with Crippen LogP contribution in [0.15, 0.2) is 54.7 Å². The Labute approximate surface area is 194 Å². The Morgan fingerprint density at radius 1 is 1.09 bits per heavy atom. The summed E-state index contributed by atoms with van der Waals surface area (Å²) in [5.74, 6) is 0.859. The van der Waals surface area contributed by atoms with Crippen LogP contribution in [0.2, 0.25) is 0 Å². The fourth-order valence-corrected chi connectivity index (χ4v) is 4.11. The Morgan fingerprint density at radius 3 is 2.67 bits per heavy atom. The first-order valence-corrected chi connectivity index (χ1v) is 11.4. The predicted octanol–water partition coefficient (Wildman–Crippen LogP) is 4.29. The molecule has 0 aliphatic carbocycles. The van der Waals surface area contributed by atoms with Crippen molar-refractivity contribution in [3.05, 3.63) is 66.1 Å². The van der Waals surface area contributed by atoms with Crippen molar-refractivity contribution in [3.8, 4) is 17.0 Å². The SMILES string of the molecule is COc1ccccc1C(=O)NC(C(=O)Nc1cccc(-c2cn3c(n2)CCCC3)c1)C(C)C. The highest BCUT2D eigenvalue weighted by atomic mass is 16.5. The van der Waals surface area contributed by atoms with Gasteiger partial charge >= 0.3 is 0 Å². The third-order valence-corrected chi connectivity index (χ3v) is 5.92. The number of aromatic nitrogens is 2. The summed E-state index contributed by atoms with van der Waals surface area (Å²) in [6.45, 7) is 4.80. The standard InChI is InChI=1S/C26H30N4O3/c1-17(2)24(29-25(31)20-11-4-5-12-22(20)33-3)26(32)27-19-10-8-9-18(15-19)21-16-30-14-7-6-13-23(30)28-21/h4-5,8-12,15-17,24H,6-7,13-14H2,1-3H3,(H,27,32)(H,29,31). The Hall–Kier alpha value is -3.61. The lowest BCUT2D eigenvalue weighted by molar-refractivity contribution is -0.118. The molecule has 0 radical (unpaired) electrons. The summed E-state index contributed by atoms with van der Waals surface area (Å²) in [4.78, 5) is 30.7. The van der Waals surface area contributed by atoms with Gasteiger partial charge in [0, 0.05) is 30.4 Å². The van der Waals surface area contributed by atoms with Crippen molar-refractivity contribution in [2.75, 3.05) is 12.4 Å². The summed E-state index contributed by atoms with van der Waals surface area (Å²) in [5, 5.41) is 5.82. The number of ether oxygens (including phenoxy) is 1. The molecule has 0 spiro atoms. The van der Waals surface area contributed by atoms with Gasteiger partial charge in [-0.2, -0.15) is 0 Å². The normalized spacial score (nSPS) is 13.8. The highest BCUT2D eigenvalue weighted by Gasteiger charge is 2.26. The maximum atomic E-state index is 13.1. The van der Waals surface area contributed by atoms with Crippen LogP contribution in [0.3, 0.4) is 0 Å². The summed E-state index contributed by atoms with van der Waals surface area (Å²) in [5.41, 5.74) is 2.92. The molecule has 2 heterocycles. The van der Waals surface area contributed by atoms with Crippen molar-refractivity contribution < 1.29 is 14.3 Å². The largest absolute Gasteiger partial charge is 0.496 e. The summed E-state index contributed by atoms with van der Waals surface area (Å²) in [7, 11) is 1.52. The molecule has 7 nitrogen and oxygen atoms in total. The van der Waals surface area contributed by atoms with Crippen LogP contribution in [0.4, 0.5) is 5.69 Å². The molecule has 1 aromatic heterocycles. The Kier molecular flexibility index (Phi) is 6.77. The van der Waals surface area contributed by atoms with Crippen molar-refractivity contribution in [1.82, 2.24) is 14.9 Å². The molecule has 2 N–H and O–H groups in total. The number of benzene rings is 2. The van der Waals surface area contributed by atoms with Gasteiger partial charge in [-0.3, -0.25) is 9.59 Å². The third-order valence-electron chi connectivity index (χ3n) is 5.92. The molecule has 1 atom stereocenters. The number of hydrogen-bond donors (Lipinski definition) is 2. The molecule has 0 bridgehead atoms.